The first-order valence-electron chi connectivity index (χ1n) is 10.2. The van der Waals surface area contributed by atoms with E-state index in [1.807, 2.05) is 0 Å². The van der Waals surface area contributed by atoms with Gasteiger partial charge < -0.3 is 9.64 Å². The zero-order valence-corrected chi connectivity index (χ0v) is 17.5. The average molecular weight is 461 g/mol. The number of hydrogen-bond donors (Lipinski definition) is 0. The first-order valence-corrected chi connectivity index (χ1v) is 10.2. The maximum Gasteiger partial charge on any atom is 0.417 e. The molecule has 1 fully saturated rings. The Morgan fingerprint density at radius 3 is 2.55 bits per heavy atom. The number of aromatic nitrogens is 4. The van der Waals surface area contributed by atoms with Crippen LogP contribution in [0.15, 0.2) is 49.1 Å². The van der Waals surface area contributed by atoms with Crippen LogP contribution >= 0.6 is 0 Å². The number of halogens is 4. The molecular weight excluding hydrogens is 442 g/mol. The molecule has 0 spiro atoms. The molecule has 3 aromatic rings. The molecule has 1 aliphatic rings. The minimum atomic E-state index is -4.71. The van der Waals surface area contributed by atoms with Crippen molar-refractivity contribution in [2.75, 3.05) is 6.54 Å². The third-order valence-corrected chi connectivity index (χ3v) is 5.39. The number of likely N-dealkylation sites (tertiary alicyclic amines) is 1. The fourth-order valence-electron chi connectivity index (χ4n) is 3.69. The van der Waals surface area contributed by atoms with E-state index in [0.29, 0.717) is 43.0 Å². The van der Waals surface area contributed by atoms with Gasteiger partial charge in [-0.05, 0) is 44.0 Å². The van der Waals surface area contributed by atoms with Gasteiger partial charge in [-0.2, -0.15) is 13.2 Å². The molecule has 33 heavy (non-hydrogen) atoms. The molecule has 3 aromatic heterocycles. The van der Waals surface area contributed by atoms with Gasteiger partial charge in [0.1, 0.15) is 11.8 Å². The van der Waals surface area contributed by atoms with Gasteiger partial charge in [-0.25, -0.2) is 19.3 Å². The third-order valence-electron chi connectivity index (χ3n) is 5.39. The lowest BCUT2D eigenvalue weighted by Gasteiger charge is -2.39. The van der Waals surface area contributed by atoms with Crippen molar-refractivity contribution in [3.63, 3.8) is 0 Å². The summed E-state index contributed by atoms with van der Waals surface area (Å²) in [6.07, 6.45) is 0.777. The highest BCUT2D eigenvalue weighted by Crippen LogP contribution is 2.32. The predicted molar refractivity (Wildman–Crippen MR) is 109 cm³/mol. The molecule has 0 aliphatic carbocycles. The summed E-state index contributed by atoms with van der Waals surface area (Å²) in [7, 11) is 0. The van der Waals surface area contributed by atoms with Gasteiger partial charge in [0.15, 0.2) is 11.6 Å². The highest BCUT2D eigenvalue weighted by atomic mass is 19.4. The second-order valence-electron chi connectivity index (χ2n) is 7.52. The second kappa shape index (κ2) is 9.08. The first-order chi connectivity index (χ1) is 15.8. The minimum Gasteiger partial charge on any atom is -0.470 e. The number of piperidine rings is 1. The van der Waals surface area contributed by atoms with Crippen LogP contribution in [-0.2, 0) is 6.18 Å². The van der Waals surface area contributed by atoms with E-state index in [1.165, 1.54) is 6.20 Å². The average Bonchev–Trinajstić information content (AvgIpc) is 2.81. The quantitative estimate of drug-likeness (QED) is 0.543. The van der Waals surface area contributed by atoms with Crippen LogP contribution < -0.4 is 4.74 Å². The van der Waals surface area contributed by atoms with Crippen molar-refractivity contribution in [1.82, 2.24) is 24.8 Å². The highest BCUT2D eigenvalue weighted by molar-refractivity contribution is 5.98. The lowest BCUT2D eigenvalue weighted by molar-refractivity contribution is -0.138. The fraction of sp³-hybridized carbons (Fsp3) is 0.318. The topological polar surface area (TPSA) is 81.1 Å². The SMILES string of the molecule is CC1C(Oc2ncc(C(F)(F)F)cc2F)CCCN1C(=O)c1ncccc1-c1ncccn1. The van der Waals surface area contributed by atoms with Gasteiger partial charge in [0.05, 0.1) is 17.2 Å². The summed E-state index contributed by atoms with van der Waals surface area (Å²) >= 11 is 0. The van der Waals surface area contributed by atoms with E-state index in [4.69, 9.17) is 4.74 Å². The molecule has 0 saturated carbocycles. The van der Waals surface area contributed by atoms with E-state index in [1.54, 1.807) is 42.4 Å². The van der Waals surface area contributed by atoms with Gasteiger partial charge in [-0.1, -0.05) is 0 Å². The Labute approximate surface area is 186 Å². The minimum absolute atomic E-state index is 0.162. The number of ether oxygens (including phenoxy) is 1. The largest absolute Gasteiger partial charge is 0.470 e. The maximum atomic E-state index is 14.2. The van der Waals surface area contributed by atoms with Crippen molar-refractivity contribution in [1.29, 1.82) is 0 Å². The summed E-state index contributed by atoms with van der Waals surface area (Å²) < 4.78 is 58.1. The van der Waals surface area contributed by atoms with E-state index in [0.717, 1.165) is 0 Å². The number of nitrogens with zero attached hydrogens (tertiary/aromatic N) is 5. The molecule has 1 aliphatic heterocycles. The molecule has 172 valence electrons. The summed E-state index contributed by atoms with van der Waals surface area (Å²) in [4.78, 5) is 31.0. The van der Waals surface area contributed by atoms with E-state index >= 15 is 0 Å². The Balaban J connectivity index is 1.55. The number of alkyl halides is 3. The summed E-state index contributed by atoms with van der Waals surface area (Å²) in [6.45, 7) is 2.14. The number of pyridine rings is 2. The van der Waals surface area contributed by atoms with Gasteiger partial charge in [0.2, 0.25) is 0 Å². The molecule has 2 atom stereocenters. The molecule has 4 rings (SSSR count). The first kappa shape index (κ1) is 22.6. The molecule has 7 nitrogen and oxygen atoms in total. The fourth-order valence-corrected chi connectivity index (χ4v) is 3.69. The van der Waals surface area contributed by atoms with Crippen LogP contribution in [0.1, 0.15) is 35.8 Å². The van der Waals surface area contributed by atoms with E-state index in [2.05, 4.69) is 19.9 Å². The highest BCUT2D eigenvalue weighted by Gasteiger charge is 2.36. The zero-order valence-electron chi connectivity index (χ0n) is 17.5. The van der Waals surface area contributed by atoms with Crippen LogP contribution in [0.25, 0.3) is 11.4 Å². The van der Waals surface area contributed by atoms with Crippen molar-refractivity contribution in [3.8, 4) is 17.3 Å². The summed E-state index contributed by atoms with van der Waals surface area (Å²) in [5, 5.41) is 0. The van der Waals surface area contributed by atoms with E-state index in [-0.39, 0.29) is 11.6 Å². The molecule has 4 heterocycles. The molecule has 0 aromatic carbocycles. The molecule has 0 radical (unpaired) electrons. The Kier molecular flexibility index (Phi) is 6.21. The molecule has 0 N–H and O–H groups in total. The number of carbonyl (C=O) groups excluding carboxylic acids is 1. The van der Waals surface area contributed by atoms with E-state index < -0.39 is 35.6 Å². The van der Waals surface area contributed by atoms with Crippen molar-refractivity contribution in [3.05, 3.63) is 66.1 Å². The van der Waals surface area contributed by atoms with E-state index in [9.17, 15) is 22.4 Å². The van der Waals surface area contributed by atoms with Crippen LogP contribution in [0.3, 0.4) is 0 Å². The monoisotopic (exact) mass is 461 g/mol. The third kappa shape index (κ3) is 4.76. The lowest BCUT2D eigenvalue weighted by Crippen LogP contribution is -2.51. The molecule has 11 heteroatoms. The number of carbonyl (C=O) groups is 1. The van der Waals surface area contributed by atoms with Crippen molar-refractivity contribution in [2.24, 2.45) is 0 Å². The maximum absolute atomic E-state index is 14.2. The van der Waals surface area contributed by atoms with Gasteiger partial charge in [-0.15, -0.1) is 0 Å². The van der Waals surface area contributed by atoms with Crippen molar-refractivity contribution in [2.45, 2.75) is 38.1 Å². The number of hydrogen-bond acceptors (Lipinski definition) is 6. The smallest absolute Gasteiger partial charge is 0.417 e. The Bertz CT molecular complexity index is 1140. The standard InChI is InChI=1S/C22H19F4N5O2/c1-13-17(33-20-16(23)11-14(12-30-20)22(24,25)26)6-3-10-31(13)21(32)18-15(5-2-7-27-18)19-28-8-4-9-29-19/h2,4-5,7-9,11-13,17H,3,6,10H2,1H3. The normalized spacial score (nSPS) is 18.8. The Morgan fingerprint density at radius 2 is 1.85 bits per heavy atom. The molecule has 0 bridgehead atoms. The van der Waals surface area contributed by atoms with Crippen LogP contribution in [0.4, 0.5) is 17.6 Å². The van der Waals surface area contributed by atoms with Gasteiger partial charge >= 0.3 is 6.18 Å². The molecular formula is C22H19F4N5O2. The number of rotatable bonds is 4. The molecule has 2 unspecified atom stereocenters. The summed E-state index contributed by atoms with van der Waals surface area (Å²) in [5.41, 5.74) is -0.574. The van der Waals surface area contributed by atoms with Gasteiger partial charge in [0.25, 0.3) is 11.8 Å². The second-order valence-corrected chi connectivity index (χ2v) is 7.52. The Hall–Kier alpha value is -3.63. The van der Waals surface area contributed by atoms with Crippen LogP contribution in [0, 0.1) is 5.82 Å². The number of amides is 1. The zero-order chi connectivity index (χ0) is 23.6. The summed E-state index contributed by atoms with van der Waals surface area (Å²) in [6, 6.07) is 4.86. The summed E-state index contributed by atoms with van der Waals surface area (Å²) in [5.74, 6) is -1.78. The predicted octanol–water partition coefficient (Wildman–Crippen LogP) is 4.16. The van der Waals surface area contributed by atoms with Crippen LogP contribution in [0.5, 0.6) is 5.88 Å². The van der Waals surface area contributed by atoms with Crippen LogP contribution in [-0.4, -0.2) is 49.4 Å². The van der Waals surface area contributed by atoms with Crippen LogP contribution in [0.2, 0.25) is 0 Å². The van der Waals surface area contributed by atoms with Crippen molar-refractivity contribution < 1.29 is 27.1 Å². The lowest BCUT2D eigenvalue weighted by atomic mass is 9.99. The van der Waals surface area contributed by atoms with Crippen molar-refractivity contribution >= 4 is 5.91 Å². The molecule has 1 amide bonds. The Morgan fingerprint density at radius 1 is 1.12 bits per heavy atom. The van der Waals surface area contributed by atoms with Gasteiger partial charge in [0, 0.05) is 31.3 Å². The molecule has 1 saturated heterocycles. The van der Waals surface area contributed by atoms with Gasteiger partial charge in [-0.3, -0.25) is 9.78 Å².